The van der Waals surface area contributed by atoms with E-state index < -0.39 is 0 Å². The van der Waals surface area contributed by atoms with Crippen LogP contribution >= 0.6 is 11.6 Å². The summed E-state index contributed by atoms with van der Waals surface area (Å²) in [5, 5.41) is 0.664. The summed E-state index contributed by atoms with van der Waals surface area (Å²) in [6.07, 6.45) is 0.0481. The van der Waals surface area contributed by atoms with Gasteiger partial charge in [0.25, 0.3) is 0 Å². The highest BCUT2D eigenvalue weighted by molar-refractivity contribution is 6.30. The van der Waals surface area contributed by atoms with Crippen LogP contribution in [-0.2, 0) is 9.53 Å². The van der Waals surface area contributed by atoms with Crippen molar-refractivity contribution in [1.82, 2.24) is 4.90 Å². The molecule has 0 spiro atoms. The molecule has 1 atom stereocenters. The molecule has 0 fully saturated rings. The molecule has 0 radical (unpaired) electrons. The molecule has 20 heavy (non-hydrogen) atoms. The zero-order valence-corrected chi connectivity index (χ0v) is 12.6. The van der Waals surface area contributed by atoms with Crippen LogP contribution in [0.2, 0.25) is 5.02 Å². The minimum Gasteiger partial charge on any atom is -0.492 e. The van der Waals surface area contributed by atoms with E-state index in [0.717, 1.165) is 5.75 Å². The van der Waals surface area contributed by atoms with Crippen LogP contribution in [-0.4, -0.2) is 50.8 Å². The molecular weight excluding hydrogens is 280 g/mol. The zero-order chi connectivity index (χ0) is 15.0. The van der Waals surface area contributed by atoms with Crippen LogP contribution in [0, 0.1) is 0 Å². The Morgan fingerprint density at radius 2 is 2.05 bits per heavy atom. The lowest BCUT2D eigenvalue weighted by molar-refractivity contribution is -0.132. The van der Waals surface area contributed by atoms with Gasteiger partial charge in [0.15, 0.2) is 0 Å². The summed E-state index contributed by atoms with van der Waals surface area (Å²) in [7, 11) is 3.28. The average molecular weight is 301 g/mol. The molecule has 1 amide bonds. The smallest absolute Gasteiger partial charge is 0.225 e. The Labute approximate surface area is 124 Å². The van der Waals surface area contributed by atoms with E-state index in [2.05, 4.69) is 0 Å². The summed E-state index contributed by atoms with van der Waals surface area (Å²) < 4.78 is 10.6. The standard InChI is InChI=1S/C14H21ClN2O3/c1-17(14(18)9-13(10-16)19-2)7-8-20-12-5-3-11(15)4-6-12/h3-6,13H,7-10,16H2,1-2H3. The van der Waals surface area contributed by atoms with Crippen LogP contribution in [0.25, 0.3) is 0 Å². The van der Waals surface area contributed by atoms with Crippen molar-refractivity contribution >= 4 is 17.5 Å². The Morgan fingerprint density at radius 1 is 1.40 bits per heavy atom. The number of hydrogen-bond acceptors (Lipinski definition) is 4. The van der Waals surface area contributed by atoms with E-state index in [1.165, 1.54) is 0 Å². The SMILES string of the molecule is COC(CN)CC(=O)N(C)CCOc1ccc(Cl)cc1. The third kappa shape index (κ3) is 5.77. The van der Waals surface area contributed by atoms with Gasteiger partial charge in [-0.15, -0.1) is 0 Å². The van der Waals surface area contributed by atoms with Gasteiger partial charge in [-0.3, -0.25) is 4.79 Å². The molecule has 0 heterocycles. The van der Waals surface area contributed by atoms with E-state index in [1.54, 1.807) is 43.3 Å². The monoisotopic (exact) mass is 300 g/mol. The van der Waals surface area contributed by atoms with Gasteiger partial charge in [-0.25, -0.2) is 0 Å². The lowest BCUT2D eigenvalue weighted by Crippen LogP contribution is -2.35. The number of ether oxygens (including phenoxy) is 2. The molecule has 1 unspecified atom stereocenters. The Kier molecular flexibility index (Phi) is 7.36. The first kappa shape index (κ1) is 16.8. The lowest BCUT2D eigenvalue weighted by atomic mass is 10.2. The van der Waals surface area contributed by atoms with Crippen molar-refractivity contribution in [2.75, 3.05) is 33.9 Å². The fourth-order valence-corrected chi connectivity index (χ4v) is 1.70. The molecule has 0 aliphatic heterocycles. The summed E-state index contributed by atoms with van der Waals surface area (Å²) in [6.45, 7) is 1.25. The maximum Gasteiger partial charge on any atom is 0.225 e. The van der Waals surface area contributed by atoms with Gasteiger partial charge >= 0.3 is 0 Å². The number of amides is 1. The minimum atomic E-state index is -0.234. The number of methoxy groups -OCH3 is 1. The van der Waals surface area contributed by atoms with E-state index in [4.69, 9.17) is 26.8 Å². The Bertz CT molecular complexity index is 407. The van der Waals surface area contributed by atoms with Crippen molar-refractivity contribution in [3.8, 4) is 5.75 Å². The van der Waals surface area contributed by atoms with Crippen molar-refractivity contribution in [3.63, 3.8) is 0 Å². The van der Waals surface area contributed by atoms with Gasteiger partial charge < -0.3 is 20.1 Å². The number of carbonyl (C=O) groups excluding carboxylic acids is 1. The molecule has 1 rings (SSSR count). The third-order valence-corrected chi connectivity index (χ3v) is 3.19. The molecule has 0 aliphatic carbocycles. The van der Waals surface area contributed by atoms with Gasteiger partial charge in [0.05, 0.1) is 19.1 Å². The highest BCUT2D eigenvalue weighted by atomic mass is 35.5. The molecule has 0 aromatic heterocycles. The predicted molar refractivity (Wildman–Crippen MR) is 79.1 cm³/mol. The fourth-order valence-electron chi connectivity index (χ4n) is 1.57. The first-order valence-electron chi connectivity index (χ1n) is 6.42. The van der Waals surface area contributed by atoms with Crippen LogP contribution in [0.3, 0.4) is 0 Å². The molecule has 0 saturated heterocycles. The quantitative estimate of drug-likeness (QED) is 0.791. The highest BCUT2D eigenvalue weighted by Crippen LogP contribution is 2.15. The second kappa shape index (κ2) is 8.79. The fraction of sp³-hybridized carbons (Fsp3) is 0.500. The summed E-state index contributed by atoms with van der Waals surface area (Å²) in [5.74, 6) is 0.717. The molecule has 5 nitrogen and oxygen atoms in total. The number of hydrogen-bond donors (Lipinski definition) is 1. The first-order chi connectivity index (χ1) is 9.56. The molecule has 0 saturated carbocycles. The maximum absolute atomic E-state index is 11.9. The van der Waals surface area contributed by atoms with Gasteiger partial charge in [0.2, 0.25) is 5.91 Å². The highest BCUT2D eigenvalue weighted by Gasteiger charge is 2.15. The Morgan fingerprint density at radius 3 is 2.60 bits per heavy atom. The molecule has 1 aromatic carbocycles. The molecular formula is C14H21ClN2O3. The number of carbonyl (C=O) groups is 1. The normalized spacial score (nSPS) is 12.0. The Hall–Kier alpha value is -1.30. The molecule has 6 heteroatoms. The van der Waals surface area contributed by atoms with Crippen LogP contribution in [0.5, 0.6) is 5.75 Å². The van der Waals surface area contributed by atoms with Crippen molar-refractivity contribution in [2.24, 2.45) is 5.73 Å². The van der Waals surface area contributed by atoms with Crippen molar-refractivity contribution < 1.29 is 14.3 Å². The number of nitrogens with two attached hydrogens (primary N) is 1. The van der Waals surface area contributed by atoms with Crippen LogP contribution in [0.15, 0.2) is 24.3 Å². The number of rotatable bonds is 8. The number of benzene rings is 1. The molecule has 112 valence electrons. The van der Waals surface area contributed by atoms with E-state index in [9.17, 15) is 4.79 Å². The largest absolute Gasteiger partial charge is 0.492 e. The number of likely N-dealkylation sites (N-methyl/N-ethyl adjacent to an activating group) is 1. The molecule has 0 aliphatic rings. The van der Waals surface area contributed by atoms with Crippen LogP contribution < -0.4 is 10.5 Å². The average Bonchev–Trinajstić information content (AvgIpc) is 2.46. The minimum absolute atomic E-state index is 0.0120. The van der Waals surface area contributed by atoms with Crippen molar-refractivity contribution in [1.29, 1.82) is 0 Å². The summed E-state index contributed by atoms with van der Waals surface area (Å²) in [6, 6.07) is 7.10. The van der Waals surface area contributed by atoms with Gasteiger partial charge in [-0.2, -0.15) is 0 Å². The van der Waals surface area contributed by atoms with E-state index in [0.29, 0.717) is 24.7 Å². The number of halogens is 1. The second-order valence-electron chi connectivity index (χ2n) is 4.42. The van der Waals surface area contributed by atoms with Crippen molar-refractivity contribution in [2.45, 2.75) is 12.5 Å². The number of nitrogens with zero attached hydrogens (tertiary/aromatic N) is 1. The summed E-state index contributed by atoms with van der Waals surface area (Å²) in [4.78, 5) is 13.5. The Balaban J connectivity index is 2.30. The van der Waals surface area contributed by atoms with E-state index >= 15 is 0 Å². The van der Waals surface area contributed by atoms with Gasteiger partial charge in [0, 0.05) is 25.7 Å². The van der Waals surface area contributed by atoms with Gasteiger partial charge in [-0.05, 0) is 24.3 Å². The summed E-state index contributed by atoms with van der Waals surface area (Å²) >= 11 is 5.78. The predicted octanol–water partition coefficient (Wildman–Crippen LogP) is 1.54. The van der Waals surface area contributed by atoms with Gasteiger partial charge in [0.1, 0.15) is 12.4 Å². The van der Waals surface area contributed by atoms with Crippen LogP contribution in [0.4, 0.5) is 0 Å². The third-order valence-electron chi connectivity index (χ3n) is 2.93. The van der Waals surface area contributed by atoms with Crippen LogP contribution in [0.1, 0.15) is 6.42 Å². The van der Waals surface area contributed by atoms with E-state index in [1.807, 2.05) is 0 Å². The topological polar surface area (TPSA) is 64.8 Å². The maximum atomic E-state index is 11.9. The molecule has 1 aromatic rings. The second-order valence-corrected chi connectivity index (χ2v) is 4.85. The molecule has 0 bridgehead atoms. The zero-order valence-electron chi connectivity index (χ0n) is 11.8. The molecule has 2 N–H and O–H groups in total. The van der Waals surface area contributed by atoms with Crippen molar-refractivity contribution in [3.05, 3.63) is 29.3 Å². The van der Waals surface area contributed by atoms with Gasteiger partial charge in [-0.1, -0.05) is 11.6 Å². The van der Waals surface area contributed by atoms with E-state index in [-0.39, 0.29) is 18.4 Å². The summed E-state index contributed by atoms with van der Waals surface area (Å²) in [5.41, 5.74) is 5.49. The first-order valence-corrected chi connectivity index (χ1v) is 6.79. The lowest BCUT2D eigenvalue weighted by Gasteiger charge is -2.20.